The monoisotopic (exact) mass is 268 g/mol. The van der Waals surface area contributed by atoms with Crippen molar-refractivity contribution in [2.75, 3.05) is 5.32 Å². The van der Waals surface area contributed by atoms with Crippen molar-refractivity contribution in [3.8, 4) is 0 Å². The van der Waals surface area contributed by atoms with Gasteiger partial charge in [0.05, 0.1) is 5.02 Å². The first kappa shape index (κ1) is 13.1. The van der Waals surface area contributed by atoms with Crippen LogP contribution in [0, 0.1) is 11.8 Å². The number of carboxylic acid groups (broad SMARTS) is 1. The molecule has 0 radical (unpaired) electrons. The van der Waals surface area contributed by atoms with E-state index in [-0.39, 0.29) is 10.7 Å². The summed E-state index contributed by atoms with van der Waals surface area (Å²) in [6.07, 6.45) is 2.28. The third-order valence-electron chi connectivity index (χ3n) is 3.85. The molecule has 1 aliphatic carbocycles. The Kier molecular flexibility index (Phi) is 3.76. The average molecular weight is 269 g/mol. The Hall–Kier alpha value is -1.29. The molecule has 0 spiro atoms. The van der Waals surface area contributed by atoms with E-state index in [9.17, 15) is 4.79 Å². The zero-order chi connectivity index (χ0) is 13.3. The van der Waals surface area contributed by atoms with E-state index < -0.39 is 5.97 Å². The van der Waals surface area contributed by atoms with E-state index in [1.807, 2.05) is 0 Å². The molecule has 0 aliphatic heterocycles. The highest BCUT2D eigenvalue weighted by Gasteiger charge is 2.29. The quantitative estimate of drug-likeness (QED) is 0.883. The third kappa shape index (κ3) is 2.58. The maximum atomic E-state index is 11.0. The van der Waals surface area contributed by atoms with Gasteiger partial charge in [0.15, 0.2) is 5.69 Å². The summed E-state index contributed by atoms with van der Waals surface area (Å²) >= 11 is 5.79. The van der Waals surface area contributed by atoms with Crippen LogP contribution in [0.15, 0.2) is 12.1 Å². The van der Waals surface area contributed by atoms with Gasteiger partial charge in [0.25, 0.3) is 0 Å². The molecule has 1 aromatic heterocycles. The minimum atomic E-state index is -1.10. The molecule has 5 heteroatoms. The number of rotatable bonds is 3. The van der Waals surface area contributed by atoms with Gasteiger partial charge in [0.2, 0.25) is 0 Å². The van der Waals surface area contributed by atoms with E-state index in [0.29, 0.717) is 23.7 Å². The zero-order valence-electron chi connectivity index (χ0n) is 10.5. The standard InChI is InChI=1S/C13H17ClN2O2/c1-7-3-5-10(8(7)2)15-11-6-4-9(14)12(16-11)13(17)18/h4,6-8,10H,3,5H2,1-2H3,(H,15,16)(H,17,18). The summed E-state index contributed by atoms with van der Waals surface area (Å²) in [5.74, 6) is 0.740. The second kappa shape index (κ2) is 5.14. The Balaban J connectivity index is 2.15. The number of nitrogens with one attached hydrogen (secondary N) is 1. The largest absolute Gasteiger partial charge is 0.476 e. The Morgan fingerprint density at radius 3 is 2.72 bits per heavy atom. The Morgan fingerprint density at radius 1 is 1.44 bits per heavy atom. The van der Waals surface area contributed by atoms with Gasteiger partial charge in [-0.25, -0.2) is 9.78 Å². The molecule has 18 heavy (non-hydrogen) atoms. The number of hydrogen-bond acceptors (Lipinski definition) is 3. The van der Waals surface area contributed by atoms with Crippen LogP contribution in [0.1, 0.15) is 37.2 Å². The van der Waals surface area contributed by atoms with Crippen LogP contribution in [0.4, 0.5) is 5.82 Å². The van der Waals surface area contributed by atoms with E-state index in [2.05, 4.69) is 24.1 Å². The van der Waals surface area contributed by atoms with E-state index in [4.69, 9.17) is 16.7 Å². The highest BCUT2D eigenvalue weighted by Crippen LogP contribution is 2.33. The van der Waals surface area contributed by atoms with Gasteiger partial charge in [-0.2, -0.15) is 0 Å². The summed E-state index contributed by atoms with van der Waals surface area (Å²) in [6, 6.07) is 3.66. The molecule has 0 bridgehead atoms. The smallest absolute Gasteiger partial charge is 0.356 e. The first-order chi connectivity index (χ1) is 8.49. The normalized spacial score (nSPS) is 27.2. The molecule has 0 aromatic carbocycles. The highest BCUT2D eigenvalue weighted by atomic mass is 35.5. The Labute approximate surface area is 111 Å². The Bertz CT molecular complexity index is 464. The Morgan fingerprint density at radius 2 is 2.17 bits per heavy atom. The molecule has 2 rings (SSSR count). The minimum Gasteiger partial charge on any atom is -0.476 e. The van der Waals surface area contributed by atoms with Crippen LogP contribution in [0.3, 0.4) is 0 Å². The first-order valence-corrected chi connectivity index (χ1v) is 6.53. The first-order valence-electron chi connectivity index (χ1n) is 6.15. The lowest BCUT2D eigenvalue weighted by Gasteiger charge is -2.20. The van der Waals surface area contributed by atoms with Crippen LogP contribution in [0.25, 0.3) is 0 Å². The van der Waals surface area contributed by atoms with Crippen LogP contribution in [-0.2, 0) is 0 Å². The van der Waals surface area contributed by atoms with Crippen molar-refractivity contribution >= 4 is 23.4 Å². The predicted molar refractivity (Wildman–Crippen MR) is 71.2 cm³/mol. The maximum absolute atomic E-state index is 11.0. The fraction of sp³-hybridized carbons (Fsp3) is 0.538. The van der Waals surface area contributed by atoms with Crippen LogP contribution in [0.5, 0.6) is 0 Å². The molecule has 1 heterocycles. The molecule has 3 atom stereocenters. The second-order valence-electron chi connectivity index (χ2n) is 5.00. The van der Waals surface area contributed by atoms with Gasteiger partial charge >= 0.3 is 5.97 Å². The van der Waals surface area contributed by atoms with Crippen molar-refractivity contribution in [3.05, 3.63) is 22.8 Å². The average Bonchev–Trinajstić information content (AvgIpc) is 2.63. The van der Waals surface area contributed by atoms with E-state index in [1.165, 1.54) is 6.42 Å². The van der Waals surface area contributed by atoms with Crippen molar-refractivity contribution in [3.63, 3.8) is 0 Å². The van der Waals surface area contributed by atoms with Crippen molar-refractivity contribution in [2.45, 2.75) is 32.7 Å². The van der Waals surface area contributed by atoms with Gasteiger partial charge < -0.3 is 10.4 Å². The SMILES string of the molecule is CC1CCC(Nc2ccc(Cl)c(C(=O)O)n2)C1C. The molecule has 1 aromatic rings. The van der Waals surface area contributed by atoms with Gasteiger partial charge in [-0.15, -0.1) is 0 Å². The number of hydrogen-bond donors (Lipinski definition) is 2. The molecule has 1 aliphatic rings. The zero-order valence-corrected chi connectivity index (χ0v) is 11.2. The van der Waals surface area contributed by atoms with Gasteiger partial charge in [-0.1, -0.05) is 25.4 Å². The summed E-state index contributed by atoms with van der Waals surface area (Å²) in [6.45, 7) is 4.45. The molecule has 1 fully saturated rings. The topological polar surface area (TPSA) is 62.2 Å². The molecule has 0 saturated heterocycles. The van der Waals surface area contributed by atoms with Crippen LogP contribution >= 0.6 is 11.6 Å². The molecule has 1 saturated carbocycles. The van der Waals surface area contributed by atoms with E-state index >= 15 is 0 Å². The predicted octanol–water partition coefficient (Wildman–Crippen LogP) is 3.28. The molecule has 0 amide bonds. The van der Waals surface area contributed by atoms with Crippen LogP contribution in [-0.4, -0.2) is 22.1 Å². The summed E-state index contributed by atoms with van der Waals surface area (Å²) < 4.78 is 0. The summed E-state index contributed by atoms with van der Waals surface area (Å²) in [7, 11) is 0. The van der Waals surface area contributed by atoms with E-state index in [1.54, 1.807) is 12.1 Å². The summed E-state index contributed by atoms with van der Waals surface area (Å²) in [5, 5.41) is 12.4. The lowest BCUT2D eigenvalue weighted by Crippen LogP contribution is -2.24. The molecule has 4 nitrogen and oxygen atoms in total. The molecular formula is C13H17ClN2O2. The highest BCUT2D eigenvalue weighted by molar-refractivity contribution is 6.33. The van der Waals surface area contributed by atoms with E-state index in [0.717, 1.165) is 6.42 Å². The number of nitrogens with zero attached hydrogens (tertiary/aromatic N) is 1. The lowest BCUT2D eigenvalue weighted by atomic mass is 9.98. The minimum absolute atomic E-state index is 0.0969. The number of pyridine rings is 1. The number of aromatic carboxylic acids is 1. The second-order valence-corrected chi connectivity index (χ2v) is 5.40. The number of carbonyl (C=O) groups is 1. The third-order valence-corrected chi connectivity index (χ3v) is 4.15. The fourth-order valence-corrected chi connectivity index (χ4v) is 2.62. The molecule has 2 N–H and O–H groups in total. The van der Waals surface area contributed by atoms with Crippen molar-refractivity contribution in [2.24, 2.45) is 11.8 Å². The lowest BCUT2D eigenvalue weighted by molar-refractivity contribution is 0.0691. The summed E-state index contributed by atoms with van der Waals surface area (Å²) in [5.41, 5.74) is -0.0969. The van der Waals surface area contributed by atoms with Crippen LogP contribution < -0.4 is 5.32 Å². The summed E-state index contributed by atoms with van der Waals surface area (Å²) in [4.78, 5) is 15.0. The number of halogens is 1. The van der Waals surface area contributed by atoms with Gasteiger partial charge in [0.1, 0.15) is 5.82 Å². The molecule has 98 valence electrons. The maximum Gasteiger partial charge on any atom is 0.356 e. The van der Waals surface area contributed by atoms with Gasteiger partial charge in [0, 0.05) is 6.04 Å². The number of anilines is 1. The van der Waals surface area contributed by atoms with Crippen molar-refractivity contribution < 1.29 is 9.90 Å². The van der Waals surface area contributed by atoms with Gasteiger partial charge in [-0.05, 0) is 36.8 Å². The number of aromatic nitrogens is 1. The van der Waals surface area contributed by atoms with Crippen molar-refractivity contribution in [1.82, 2.24) is 4.98 Å². The van der Waals surface area contributed by atoms with Crippen molar-refractivity contribution in [1.29, 1.82) is 0 Å². The van der Waals surface area contributed by atoms with Crippen LogP contribution in [0.2, 0.25) is 5.02 Å². The fourth-order valence-electron chi connectivity index (χ4n) is 2.43. The number of carboxylic acids is 1. The molecule has 3 unspecified atom stereocenters. The van der Waals surface area contributed by atoms with Gasteiger partial charge in [-0.3, -0.25) is 0 Å². The molecular weight excluding hydrogens is 252 g/mol.